The highest BCUT2D eigenvalue weighted by molar-refractivity contribution is 7.98. The number of ether oxygens (including phenoxy) is 1. The Kier molecular flexibility index (Phi) is 10.00. The van der Waals surface area contributed by atoms with Crippen LogP contribution in [0.3, 0.4) is 0 Å². The Hall–Kier alpha value is -2.22. The molecule has 1 atom stereocenters. The van der Waals surface area contributed by atoms with E-state index in [9.17, 15) is 14.4 Å². The third-order valence-electron chi connectivity index (χ3n) is 4.10. The number of hydrogen-bond donors (Lipinski definition) is 2. The minimum atomic E-state index is -0.891. The normalized spacial score (nSPS) is 11.4. The molecule has 2 rings (SSSR count). The standard InChI is InChI=1S/C21H22Cl2N2O4S/c1-30-11-10-18(25-20(27)15-7-3-5-9-17(15)23)21(28)29-13-19(26)24-12-14-6-2-4-8-16(14)22/h2-9,18H,10-13H2,1H3,(H,24,26)(H,25,27). The molecular formula is C21H22Cl2N2O4S. The lowest BCUT2D eigenvalue weighted by Crippen LogP contribution is -2.43. The molecule has 0 aliphatic heterocycles. The molecule has 1 unspecified atom stereocenters. The maximum absolute atomic E-state index is 12.5. The van der Waals surface area contributed by atoms with Gasteiger partial charge in [0.25, 0.3) is 11.8 Å². The van der Waals surface area contributed by atoms with Gasteiger partial charge in [-0.2, -0.15) is 11.8 Å². The number of rotatable bonds is 10. The van der Waals surface area contributed by atoms with Gasteiger partial charge in [-0.25, -0.2) is 4.79 Å². The number of carbonyl (C=O) groups excluding carboxylic acids is 3. The van der Waals surface area contributed by atoms with E-state index < -0.39 is 30.4 Å². The van der Waals surface area contributed by atoms with Gasteiger partial charge in [0, 0.05) is 11.6 Å². The van der Waals surface area contributed by atoms with Gasteiger partial charge in [0.1, 0.15) is 6.04 Å². The molecule has 2 aromatic carbocycles. The van der Waals surface area contributed by atoms with E-state index in [4.69, 9.17) is 27.9 Å². The Morgan fingerprint density at radius 3 is 2.37 bits per heavy atom. The molecule has 6 nitrogen and oxygen atoms in total. The molecule has 0 spiro atoms. The molecule has 0 aliphatic rings. The fourth-order valence-electron chi connectivity index (χ4n) is 2.49. The number of esters is 1. The highest BCUT2D eigenvalue weighted by Gasteiger charge is 2.24. The van der Waals surface area contributed by atoms with Crippen LogP contribution in [-0.4, -0.2) is 42.4 Å². The first-order valence-electron chi connectivity index (χ1n) is 9.13. The van der Waals surface area contributed by atoms with Crippen LogP contribution < -0.4 is 10.6 Å². The second kappa shape index (κ2) is 12.5. The fourth-order valence-corrected chi connectivity index (χ4v) is 3.39. The highest BCUT2D eigenvalue weighted by atomic mass is 35.5. The van der Waals surface area contributed by atoms with E-state index in [1.165, 1.54) is 11.8 Å². The van der Waals surface area contributed by atoms with Crippen molar-refractivity contribution in [3.63, 3.8) is 0 Å². The van der Waals surface area contributed by atoms with Crippen LogP contribution in [0.4, 0.5) is 0 Å². The number of carbonyl (C=O) groups is 3. The van der Waals surface area contributed by atoms with Crippen molar-refractivity contribution in [1.82, 2.24) is 10.6 Å². The lowest BCUT2D eigenvalue weighted by Gasteiger charge is -2.17. The smallest absolute Gasteiger partial charge is 0.329 e. The van der Waals surface area contributed by atoms with Crippen molar-refractivity contribution < 1.29 is 19.1 Å². The predicted octanol–water partition coefficient (Wildman–Crippen LogP) is 3.70. The van der Waals surface area contributed by atoms with E-state index >= 15 is 0 Å². The molecule has 0 saturated heterocycles. The number of hydrogen-bond acceptors (Lipinski definition) is 5. The highest BCUT2D eigenvalue weighted by Crippen LogP contribution is 2.16. The molecule has 0 saturated carbocycles. The summed E-state index contributed by atoms with van der Waals surface area (Å²) in [6.07, 6.45) is 2.25. The van der Waals surface area contributed by atoms with Gasteiger partial charge in [-0.3, -0.25) is 9.59 Å². The molecule has 0 aromatic heterocycles. The van der Waals surface area contributed by atoms with Gasteiger partial charge >= 0.3 is 5.97 Å². The third kappa shape index (κ3) is 7.55. The largest absolute Gasteiger partial charge is 0.454 e. The van der Waals surface area contributed by atoms with Crippen molar-refractivity contribution in [3.05, 3.63) is 69.7 Å². The van der Waals surface area contributed by atoms with Crippen LogP contribution in [0.1, 0.15) is 22.3 Å². The molecule has 9 heteroatoms. The van der Waals surface area contributed by atoms with Gasteiger partial charge in [0.15, 0.2) is 6.61 Å². The monoisotopic (exact) mass is 468 g/mol. The van der Waals surface area contributed by atoms with E-state index in [-0.39, 0.29) is 17.1 Å². The summed E-state index contributed by atoms with van der Waals surface area (Å²) in [4.78, 5) is 36.9. The average Bonchev–Trinajstić information content (AvgIpc) is 2.74. The second-order valence-corrected chi connectivity index (χ2v) is 8.06. The Balaban J connectivity index is 1.89. The van der Waals surface area contributed by atoms with Crippen molar-refractivity contribution in [1.29, 1.82) is 0 Å². The number of nitrogens with one attached hydrogen (secondary N) is 2. The van der Waals surface area contributed by atoms with Crippen LogP contribution in [0.5, 0.6) is 0 Å². The van der Waals surface area contributed by atoms with E-state index in [0.29, 0.717) is 17.2 Å². The third-order valence-corrected chi connectivity index (χ3v) is 5.44. The first kappa shape index (κ1) is 24.1. The van der Waals surface area contributed by atoms with Crippen molar-refractivity contribution in [3.8, 4) is 0 Å². The maximum Gasteiger partial charge on any atom is 0.329 e. The zero-order chi connectivity index (χ0) is 21.9. The quantitative estimate of drug-likeness (QED) is 0.519. The van der Waals surface area contributed by atoms with Gasteiger partial charge in [-0.05, 0) is 42.2 Å². The van der Waals surface area contributed by atoms with E-state index in [1.807, 2.05) is 12.3 Å². The predicted molar refractivity (Wildman–Crippen MR) is 120 cm³/mol. The molecular weight excluding hydrogens is 447 g/mol. The van der Waals surface area contributed by atoms with Gasteiger partial charge in [0.05, 0.1) is 10.6 Å². The molecule has 0 bridgehead atoms. The van der Waals surface area contributed by atoms with Crippen molar-refractivity contribution >= 4 is 52.7 Å². The molecule has 0 heterocycles. The van der Waals surface area contributed by atoms with E-state index in [1.54, 1.807) is 42.5 Å². The Bertz CT molecular complexity index is 895. The SMILES string of the molecule is CSCCC(NC(=O)c1ccccc1Cl)C(=O)OCC(=O)NCc1ccccc1Cl. The van der Waals surface area contributed by atoms with Gasteiger partial charge in [-0.1, -0.05) is 53.5 Å². The first-order valence-corrected chi connectivity index (χ1v) is 11.3. The second-order valence-electron chi connectivity index (χ2n) is 6.26. The zero-order valence-corrected chi connectivity index (χ0v) is 18.7. The lowest BCUT2D eigenvalue weighted by atomic mass is 10.1. The summed E-state index contributed by atoms with van der Waals surface area (Å²) in [7, 11) is 0. The van der Waals surface area contributed by atoms with Crippen LogP contribution in [0.25, 0.3) is 0 Å². The Labute approximate surface area is 189 Å². The number of halogens is 2. The first-order chi connectivity index (χ1) is 14.4. The number of benzene rings is 2. The molecule has 2 amide bonds. The summed E-state index contributed by atoms with van der Waals surface area (Å²) in [5.41, 5.74) is 1.02. The summed E-state index contributed by atoms with van der Waals surface area (Å²) >= 11 is 13.6. The van der Waals surface area contributed by atoms with E-state index in [0.717, 1.165) is 5.56 Å². The zero-order valence-electron chi connectivity index (χ0n) is 16.3. The van der Waals surface area contributed by atoms with Crippen LogP contribution in [-0.2, 0) is 20.9 Å². The molecule has 0 fully saturated rings. The minimum Gasteiger partial charge on any atom is -0.454 e. The van der Waals surface area contributed by atoms with Crippen LogP contribution in [0, 0.1) is 0 Å². The molecule has 0 aliphatic carbocycles. The lowest BCUT2D eigenvalue weighted by molar-refractivity contribution is -0.150. The molecule has 2 N–H and O–H groups in total. The molecule has 160 valence electrons. The summed E-state index contributed by atoms with van der Waals surface area (Å²) in [6, 6.07) is 12.8. The molecule has 0 radical (unpaired) electrons. The molecule has 2 aromatic rings. The Morgan fingerprint density at radius 2 is 1.70 bits per heavy atom. The molecule has 30 heavy (non-hydrogen) atoms. The average molecular weight is 469 g/mol. The summed E-state index contributed by atoms with van der Waals surface area (Å²) in [6.45, 7) is -0.240. The van der Waals surface area contributed by atoms with Gasteiger partial charge < -0.3 is 15.4 Å². The van der Waals surface area contributed by atoms with E-state index in [2.05, 4.69) is 10.6 Å². The summed E-state index contributed by atoms with van der Waals surface area (Å²) < 4.78 is 5.11. The van der Waals surface area contributed by atoms with Crippen molar-refractivity contribution in [2.75, 3.05) is 18.6 Å². The van der Waals surface area contributed by atoms with Crippen LogP contribution in [0.2, 0.25) is 10.0 Å². The maximum atomic E-state index is 12.5. The summed E-state index contributed by atoms with van der Waals surface area (Å²) in [5, 5.41) is 6.10. The van der Waals surface area contributed by atoms with Gasteiger partial charge in [0.2, 0.25) is 0 Å². The Morgan fingerprint density at radius 1 is 1.03 bits per heavy atom. The number of amides is 2. The fraction of sp³-hybridized carbons (Fsp3) is 0.286. The van der Waals surface area contributed by atoms with Crippen LogP contribution in [0.15, 0.2) is 48.5 Å². The van der Waals surface area contributed by atoms with Crippen molar-refractivity contribution in [2.45, 2.75) is 19.0 Å². The van der Waals surface area contributed by atoms with Crippen molar-refractivity contribution in [2.24, 2.45) is 0 Å². The minimum absolute atomic E-state index is 0.217. The van der Waals surface area contributed by atoms with Crippen LogP contribution >= 0.6 is 35.0 Å². The summed E-state index contributed by atoms with van der Waals surface area (Å²) in [5.74, 6) is -1.00. The topological polar surface area (TPSA) is 84.5 Å². The number of thioether (sulfide) groups is 1. The van der Waals surface area contributed by atoms with Gasteiger partial charge in [-0.15, -0.1) is 0 Å².